The number of phenolic OH excluding ortho intramolecular Hbond substituents is 1. The summed E-state index contributed by atoms with van der Waals surface area (Å²) in [5, 5.41) is 21.4. The third-order valence-electron chi connectivity index (χ3n) is 4.49. The van der Waals surface area contributed by atoms with Gasteiger partial charge < -0.3 is 5.11 Å². The first-order chi connectivity index (χ1) is 12.7. The predicted molar refractivity (Wildman–Crippen MR) is 99.3 cm³/mol. The number of rotatable bonds is 3. The number of hydrogen-bond donors (Lipinski definition) is 2. The molecule has 0 spiro atoms. The molecule has 4 heteroatoms. The molecule has 4 nitrogen and oxygen atoms in total. The van der Waals surface area contributed by atoms with Crippen LogP contribution in [-0.4, -0.2) is 16.6 Å². The lowest BCUT2D eigenvalue weighted by Crippen LogP contribution is -2.27. The maximum absolute atomic E-state index is 11.2. The number of nitrogens with zero attached hydrogens (tertiary/aromatic N) is 1. The van der Waals surface area contributed by atoms with Crippen molar-refractivity contribution in [2.75, 3.05) is 0 Å². The number of aromatic nitrogens is 1. The van der Waals surface area contributed by atoms with E-state index in [2.05, 4.69) is 0 Å². The average Bonchev–Trinajstić information content (AvgIpc) is 2.68. The van der Waals surface area contributed by atoms with Crippen LogP contribution in [0.25, 0.3) is 33.0 Å². The number of carbonyl (C=O) groups is 1. The van der Waals surface area contributed by atoms with Gasteiger partial charge in [0.05, 0.1) is 5.56 Å². The molecular formula is C22H16NO3+. The zero-order valence-electron chi connectivity index (χ0n) is 13.8. The van der Waals surface area contributed by atoms with E-state index in [4.69, 9.17) is 0 Å². The maximum atomic E-state index is 11.2. The van der Waals surface area contributed by atoms with Crippen molar-refractivity contribution in [1.82, 2.24) is 0 Å². The Kier molecular flexibility index (Phi) is 3.86. The van der Waals surface area contributed by atoms with Crippen molar-refractivity contribution >= 4 is 17.1 Å². The molecule has 0 aliphatic rings. The third-order valence-corrected chi connectivity index (χ3v) is 4.49. The van der Waals surface area contributed by atoms with E-state index in [1.807, 2.05) is 48.5 Å². The highest BCUT2D eigenvalue weighted by atomic mass is 16.5. The van der Waals surface area contributed by atoms with Gasteiger partial charge in [0.1, 0.15) is 5.75 Å². The van der Waals surface area contributed by atoms with E-state index in [0.29, 0.717) is 6.29 Å². The van der Waals surface area contributed by atoms with Gasteiger partial charge in [-0.3, -0.25) is 10.0 Å². The van der Waals surface area contributed by atoms with Gasteiger partial charge in [-0.15, -0.1) is 0 Å². The first-order valence-corrected chi connectivity index (χ1v) is 8.18. The molecule has 2 N–H and O–H groups in total. The molecule has 3 aromatic carbocycles. The molecule has 0 radical (unpaired) electrons. The number of aromatic hydroxyl groups is 1. The van der Waals surface area contributed by atoms with E-state index >= 15 is 0 Å². The Morgan fingerprint density at radius 3 is 2.12 bits per heavy atom. The zero-order valence-corrected chi connectivity index (χ0v) is 13.8. The van der Waals surface area contributed by atoms with Gasteiger partial charge in [-0.25, -0.2) is 0 Å². The Bertz CT molecular complexity index is 1110. The van der Waals surface area contributed by atoms with Crippen molar-refractivity contribution in [2.45, 2.75) is 0 Å². The normalized spacial score (nSPS) is 10.8. The van der Waals surface area contributed by atoms with Crippen LogP contribution in [0.15, 0.2) is 79.1 Å². The summed E-state index contributed by atoms with van der Waals surface area (Å²) in [5.74, 6) is -0.0280. The van der Waals surface area contributed by atoms with Crippen LogP contribution in [0.1, 0.15) is 10.4 Å². The first kappa shape index (κ1) is 15.8. The van der Waals surface area contributed by atoms with E-state index in [1.165, 1.54) is 6.07 Å². The highest BCUT2D eigenvalue weighted by Crippen LogP contribution is 2.37. The average molecular weight is 342 g/mol. The molecule has 0 aliphatic carbocycles. The number of benzene rings is 3. The Morgan fingerprint density at radius 1 is 0.808 bits per heavy atom. The molecule has 0 amide bonds. The minimum atomic E-state index is -0.0280. The minimum Gasteiger partial charge on any atom is -0.507 e. The minimum absolute atomic E-state index is 0.0280. The van der Waals surface area contributed by atoms with Crippen molar-refractivity contribution < 1.29 is 19.8 Å². The second-order valence-electron chi connectivity index (χ2n) is 6.07. The van der Waals surface area contributed by atoms with Crippen LogP contribution < -0.4 is 4.73 Å². The molecule has 0 fully saturated rings. The van der Waals surface area contributed by atoms with Gasteiger partial charge in [0.2, 0.25) is 12.4 Å². The lowest BCUT2D eigenvalue weighted by Gasteiger charge is -2.12. The Morgan fingerprint density at radius 2 is 1.46 bits per heavy atom. The fourth-order valence-electron chi connectivity index (χ4n) is 3.24. The fraction of sp³-hybridized carbons (Fsp3) is 0. The van der Waals surface area contributed by atoms with Crippen LogP contribution >= 0.6 is 0 Å². The Hall–Kier alpha value is -3.66. The van der Waals surface area contributed by atoms with Crippen molar-refractivity contribution in [3.8, 4) is 28.0 Å². The van der Waals surface area contributed by atoms with Crippen LogP contribution in [0.3, 0.4) is 0 Å². The molecule has 4 aromatic rings. The Balaban J connectivity index is 2.02. The molecule has 126 valence electrons. The van der Waals surface area contributed by atoms with Crippen LogP contribution in [-0.2, 0) is 0 Å². The highest BCUT2D eigenvalue weighted by Gasteiger charge is 2.12. The smallest absolute Gasteiger partial charge is 0.222 e. The van der Waals surface area contributed by atoms with Gasteiger partial charge in [-0.1, -0.05) is 42.5 Å². The van der Waals surface area contributed by atoms with Gasteiger partial charge in [-0.2, -0.15) is 0 Å². The van der Waals surface area contributed by atoms with Gasteiger partial charge in [0, 0.05) is 16.9 Å². The van der Waals surface area contributed by atoms with E-state index in [-0.39, 0.29) is 11.3 Å². The first-order valence-electron chi connectivity index (χ1n) is 8.18. The second kappa shape index (κ2) is 6.33. The molecule has 4 rings (SSSR count). The monoisotopic (exact) mass is 342 g/mol. The second-order valence-corrected chi connectivity index (χ2v) is 6.07. The molecule has 0 saturated carbocycles. The molecular weight excluding hydrogens is 326 g/mol. The third kappa shape index (κ3) is 2.67. The van der Waals surface area contributed by atoms with Crippen LogP contribution in [0.4, 0.5) is 0 Å². The number of pyridine rings is 1. The van der Waals surface area contributed by atoms with E-state index in [1.54, 1.807) is 24.5 Å². The van der Waals surface area contributed by atoms with Gasteiger partial charge >= 0.3 is 0 Å². The number of hydrogen-bond acceptors (Lipinski definition) is 3. The van der Waals surface area contributed by atoms with E-state index < -0.39 is 0 Å². The summed E-state index contributed by atoms with van der Waals surface area (Å²) in [7, 11) is 0. The standard InChI is InChI=1S/C22H15NO3/c24-14-18-13-17(7-8-21(18)25)20-6-2-4-16-3-1-5-19(22(16)20)15-9-11-23(26)12-10-15/h1-14H,(H-,24,25,26)/p+1. The van der Waals surface area contributed by atoms with Gasteiger partial charge in [0.15, 0.2) is 6.29 Å². The molecule has 0 saturated heterocycles. The summed E-state index contributed by atoms with van der Waals surface area (Å²) < 4.78 is 1.01. The summed E-state index contributed by atoms with van der Waals surface area (Å²) in [6, 6.07) is 20.8. The number of aldehydes is 1. The lowest BCUT2D eigenvalue weighted by atomic mass is 9.91. The zero-order chi connectivity index (χ0) is 18.1. The Labute approximate surface area is 150 Å². The topological polar surface area (TPSA) is 61.4 Å². The van der Waals surface area contributed by atoms with Crippen LogP contribution in [0.5, 0.6) is 5.75 Å². The summed E-state index contributed by atoms with van der Waals surface area (Å²) in [6.45, 7) is 0. The van der Waals surface area contributed by atoms with Crippen molar-refractivity contribution in [1.29, 1.82) is 0 Å². The van der Waals surface area contributed by atoms with Gasteiger partial charge in [-0.05, 0) is 45.2 Å². The molecule has 0 aliphatic heterocycles. The van der Waals surface area contributed by atoms with Crippen LogP contribution in [0.2, 0.25) is 0 Å². The number of fused-ring (bicyclic) bond motifs is 1. The van der Waals surface area contributed by atoms with Crippen molar-refractivity contribution in [3.63, 3.8) is 0 Å². The molecule has 0 atom stereocenters. The van der Waals surface area contributed by atoms with Crippen LogP contribution in [0, 0.1) is 0 Å². The largest absolute Gasteiger partial charge is 0.507 e. The molecule has 1 heterocycles. The van der Waals surface area contributed by atoms with Crippen molar-refractivity contribution in [2.24, 2.45) is 0 Å². The SMILES string of the molecule is O=Cc1cc(-c2cccc3cccc(-c4cc[n+](O)cc4)c23)ccc1O. The molecule has 26 heavy (non-hydrogen) atoms. The fourth-order valence-corrected chi connectivity index (χ4v) is 3.24. The van der Waals surface area contributed by atoms with Crippen molar-refractivity contribution in [3.05, 3.63) is 84.7 Å². The lowest BCUT2D eigenvalue weighted by molar-refractivity contribution is -0.904. The number of phenols is 1. The highest BCUT2D eigenvalue weighted by molar-refractivity contribution is 6.06. The summed E-state index contributed by atoms with van der Waals surface area (Å²) >= 11 is 0. The molecule has 1 aromatic heterocycles. The molecule has 0 unspecified atom stereocenters. The summed E-state index contributed by atoms with van der Waals surface area (Å²) in [4.78, 5) is 11.2. The predicted octanol–water partition coefficient (Wildman–Crippen LogP) is 4.22. The quantitative estimate of drug-likeness (QED) is 0.333. The van der Waals surface area contributed by atoms with Gasteiger partial charge in [0.25, 0.3) is 0 Å². The summed E-state index contributed by atoms with van der Waals surface area (Å²) in [6.07, 6.45) is 3.83. The number of carbonyl (C=O) groups excluding carboxylic acids is 1. The van der Waals surface area contributed by atoms with E-state index in [0.717, 1.165) is 37.8 Å². The maximum Gasteiger partial charge on any atom is 0.222 e. The molecule has 0 bridgehead atoms. The van der Waals surface area contributed by atoms with E-state index in [9.17, 15) is 15.1 Å². The summed E-state index contributed by atoms with van der Waals surface area (Å²) in [5.41, 5.74) is 4.10.